The smallest absolute Gasteiger partial charge is 0.435 e. The zero-order valence-electron chi connectivity index (χ0n) is 26.2. The molecule has 4 aromatic rings. The van der Waals surface area contributed by atoms with Crippen molar-refractivity contribution in [2.24, 2.45) is 5.92 Å². The first-order valence-electron chi connectivity index (χ1n) is 15.9. The largest absolute Gasteiger partial charge is 0.448 e. The molecule has 11 nitrogen and oxygen atoms in total. The van der Waals surface area contributed by atoms with Gasteiger partial charge in [0.15, 0.2) is 5.82 Å². The number of aromatic nitrogens is 2. The van der Waals surface area contributed by atoms with E-state index in [4.69, 9.17) is 9.47 Å². The minimum absolute atomic E-state index is 0.129. The van der Waals surface area contributed by atoms with Crippen molar-refractivity contribution in [3.8, 4) is 0 Å². The van der Waals surface area contributed by atoms with Gasteiger partial charge in [0.25, 0.3) is 11.8 Å². The van der Waals surface area contributed by atoms with Gasteiger partial charge in [-0.25, -0.2) is 4.79 Å². The van der Waals surface area contributed by atoms with Crippen LogP contribution >= 0.6 is 11.3 Å². The fourth-order valence-corrected chi connectivity index (χ4v) is 6.72. The summed E-state index contributed by atoms with van der Waals surface area (Å²) < 4.78 is 12.6. The van der Waals surface area contributed by atoms with E-state index in [0.29, 0.717) is 40.4 Å². The Morgan fingerprint density at radius 1 is 0.957 bits per heavy atom. The van der Waals surface area contributed by atoms with Crippen LogP contribution in [0.5, 0.6) is 0 Å². The predicted molar refractivity (Wildman–Crippen MR) is 179 cm³/mol. The standard InChI is InChI=1S/C34H40N6O5S/c1-23(2)22-45-34(43)40-28-20-29(33(42)35-27(21-38-14-6-7-15-38)24-8-4-3-5-9-24)46-30(28)31(37-40)36-32(41)25-10-12-26(13-11-25)39-16-18-44-19-17-39/h3-5,8-13,20,23,27H,6-7,14-19,21-22H2,1-2H3,(H,35,42)(H,36,37,41)/t27-/m1/s1. The molecular weight excluding hydrogens is 604 g/mol. The summed E-state index contributed by atoms with van der Waals surface area (Å²) in [6.45, 7) is 9.77. The van der Waals surface area contributed by atoms with E-state index < -0.39 is 6.09 Å². The van der Waals surface area contributed by atoms with Crippen LogP contribution < -0.4 is 15.5 Å². The molecule has 0 radical (unpaired) electrons. The number of morpholine rings is 1. The van der Waals surface area contributed by atoms with Crippen LogP contribution in [-0.2, 0) is 9.47 Å². The van der Waals surface area contributed by atoms with E-state index in [0.717, 1.165) is 55.0 Å². The first-order valence-corrected chi connectivity index (χ1v) is 16.7. The topological polar surface area (TPSA) is 118 Å². The van der Waals surface area contributed by atoms with Crippen LogP contribution in [0.15, 0.2) is 60.7 Å². The number of likely N-dealkylation sites (tertiary alicyclic amines) is 1. The Morgan fingerprint density at radius 3 is 2.37 bits per heavy atom. The van der Waals surface area contributed by atoms with E-state index in [9.17, 15) is 14.4 Å². The van der Waals surface area contributed by atoms with E-state index in [-0.39, 0.29) is 36.2 Å². The molecule has 0 saturated carbocycles. The van der Waals surface area contributed by atoms with E-state index >= 15 is 0 Å². The molecule has 0 spiro atoms. The summed E-state index contributed by atoms with van der Waals surface area (Å²) in [5.41, 5.74) is 2.90. The molecule has 2 aliphatic rings. The van der Waals surface area contributed by atoms with Crippen LogP contribution in [0, 0.1) is 5.92 Å². The second-order valence-electron chi connectivity index (χ2n) is 12.1. The molecular formula is C34H40N6O5S. The summed E-state index contributed by atoms with van der Waals surface area (Å²) in [6.07, 6.45) is 1.64. The molecule has 242 valence electrons. The average molecular weight is 645 g/mol. The highest BCUT2D eigenvalue weighted by molar-refractivity contribution is 7.21. The van der Waals surface area contributed by atoms with Gasteiger partial charge in [-0.1, -0.05) is 44.2 Å². The molecule has 12 heteroatoms. The van der Waals surface area contributed by atoms with Gasteiger partial charge in [0.05, 0.1) is 41.0 Å². The summed E-state index contributed by atoms with van der Waals surface area (Å²) >= 11 is 1.18. The number of nitrogens with zero attached hydrogens (tertiary/aromatic N) is 4. The SMILES string of the molecule is CC(C)COC(=O)n1nc(NC(=O)c2ccc(N3CCOCC3)cc2)c2sc(C(=O)N[C@H](CN3CCCC3)c3ccccc3)cc21. The lowest BCUT2D eigenvalue weighted by molar-refractivity contribution is 0.0930. The number of rotatable bonds is 10. The van der Waals surface area contributed by atoms with Crippen molar-refractivity contribution in [3.63, 3.8) is 0 Å². The maximum Gasteiger partial charge on any atom is 0.435 e. The Bertz CT molecular complexity index is 1660. The number of ether oxygens (including phenoxy) is 2. The lowest BCUT2D eigenvalue weighted by Gasteiger charge is -2.28. The number of carbonyl (C=O) groups excluding carboxylic acids is 3. The number of thiophene rings is 1. The number of amides is 2. The number of fused-ring (bicyclic) bond motifs is 1. The number of anilines is 2. The van der Waals surface area contributed by atoms with Crippen molar-refractivity contribution in [1.29, 1.82) is 0 Å². The van der Waals surface area contributed by atoms with E-state index in [1.165, 1.54) is 11.3 Å². The fourth-order valence-electron chi connectivity index (χ4n) is 5.74. The maximum absolute atomic E-state index is 13.7. The van der Waals surface area contributed by atoms with Gasteiger partial charge in [0, 0.05) is 30.9 Å². The van der Waals surface area contributed by atoms with Crippen LogP contribution in [-0.4, -0.2) is 85.1 Å². The molecule has 2 amide bonds. The third kappa shape index (κ3) is 7.41. The molecule has 2 aliphatic heterocycles. The van der Waals surface area contributed by atoms with Crippen LogP contribution in [0.1, 0.15) is 58.3 Å². The molecule has 2 aromatic carbocycles. The first-order chi connectivity index (χ1) is 22.4. The molecule has 46 heavy (non-hydrogen) atoms. The van der Waals surface area contributed by atoms with Crippen molar-refractivity contribution in [2.75, 3.05) is 62.8 Å². The normalized spacial score (nSPS) is 16.1. The molecule has 2 N–H and O–H groups in total. The molecule has 0 aliphatic carbocycles. The van der Waals surface area contributed by atoms with Crippen LogP contribution in [0.3, 0.4) is 0 Å². The Hall–Kier alpha value is -4.26. The van der Waals surface area contributed by atoms with Gasteiger partial charge in [-0.2, -0.15) is 4.68 Å². The molecule has 2 fully saturated rings. The summed E-state index contributed by atoms with van der Waals surface area (Å²) in [5.74, 6) is -0.305. The third-order valence-electron chi connectivity index (χ3n) is 8.18. The molecule has 0 unspecified atom stereocenters. The predicted octanol–water partition coefficient (Wildman–Crippen LogP) is 5.39. The summed E-state index contributed by atoms with van der Waals surface area (Å²) in [6, 6.07) is 18.8. The highest BCUT2D eigenvalue weighted by Gasteiger charge is 2.26. The lowest BCUT2D eigenvalue weighted by Crippen LogP contribution is -2.36. The van der Waals surface area contributed by atoms with Gasteiger partial charge < -0.3 is 29.9 Å². The van der Waals surface area contributed by atoms with Crippen LogP contribution in [0.25, 0.3) is 10.2 Å². The Balaban J connectivity index is 1.25. The Morgan fingerprint density at radius 2 is 1.67 bits per heavy atom. The Labute approximate surface area is 272 Å². The zero-order chi connectivity index (χ0) is 32.0. The van der Waals surface area contributed by atoms with E-state index in [2.05, 4.69) is 25.5 Å². The van der Waals surface area contributed by atoms with Gasteiger partial charge in [-0.05, 0) is 67.7 Å². The zero-order valence-corrected chi connectivity index (χ0v) is 27.1. The first kappa shape index (κ1) is 31.7. The molecule has 2 saturated heterocycles. The summed E-state index contributed by atoms with van der Waals surface area (Å²) in [5, 5.41) is 10.5. The molecule has 2 aromatic heterocycles. The Kier molecular flexibility index (Phi) is 9.96. The van der Waals surface area contributed by atoms with Crippen LogP contribution in [0.4, 0.5) is 16.3 Å². The molecule has 0 bridgehead atoms. The lowest BCUT2D eigenvalue weighted by atomic mass is 10.1. The fraction of sp³-hybridized carbons (Fsp3) is 0.412. The highest BCUT2D eigenvalue weighted by atomic mass is 32.1. The van der Waals surface area contributed by atoms with Crippen molar-refractivity contribution in [1.82, 2.24) is 20.0 Å². The monoisotopic (exact) mass is 644 g/mol. The molecule has 6 rings (SSSR count). The molecule has 4 heterocycles. The maximum atomic E-state index is 13.7. The summed E-state index contributed by atoms with van der Waals surface area (Å²) in [4.78, 5) is 45.2. The minimum atomic E-state index is -0.671. The number of hydrogen-bond donors (Lipinski definition) is 2. The van der Waals surface area contributed by atoms with E-state index in [1.54, 1.807) is 18.2 Å². The van der Waals surface area contributed by atoms with Gasteiger partial charge in [0.1, 0.15) is 0 Å². The quantitative estimate of drug-likeness (QED) is 0.236. The van der Waals surface area contributed by atoms with Crippen LogP contribution in [0.2, 0.25) is 0 Å². The van der Waals surface area contributed by atoms with Crippen molar-refractivity contribution in [3.05, 3.63) is 76.7 Å². The van der Waals surface area contributed by atoms with Gasteiger partial charge in [-0.15, -0.1) is 16.4 Å². The highest BCUT2D eigenvalue weighted by Crippen LogP contribution is 2.33. The molecule has 1 atom stereocenters. The van der Waals surface area contributed by atoms with Crippen molar-refractivity contribution >= 4 is 51.0 Å². The third-order valence-corrected chi connectivity index (χ3v) is 9.31. The number of benzene rings is 2. The summed E-state index contributed by atoms with van der Waals surface area (Å²) in [7, 11) is 0. The van der Waals surface area contributed by atoms with Crippen molar-refractivity contribution < 1.29 is 23.9 Å². The number of nitrogens with one attached hydrogen (secondary N) is 2. The van der Waals surface area contributed by atoms with E-state index in [1.807, 2.05) is 56.3 Å². The second-order valence-corrected chi connectivity index (χ2v) is 13.2. The average Bonchev–Trinajstić information content (AvgIpc) is 3.83. The van der Waals surface area contributed by atoms with Gasteiger partial charge in [0.2, 0.25) is 0 Å². The minimum Gasteiger partial charge on any atom is -0.448 e. The van der Waals surface area contributed by atoms with Crippen molar-refractivity contribution in [2.45, 2.75) is 32.7 Å². The second kappa shape index (κ2) is 14.4. The number of carbonyl (C=O) groups is 3. The number of hydrogen-bond acceptors (Lipinski definition) is 9. The van der Waals surface area contributed by atoms with Gasteiger partial charge in [-0.3, -0.25) is 9.59 Å². The van der Waals surface area contributed by atoms with Gasteiger partial charge >= 0.3 is 6.09 Å².